The molecule has 2 fully saturated rings. The monoisotopic (exact) mass is 479 g/mol. The van der Waals surface area contributed by atoms with Crippen molar-refractivity contribution in [3.05, 3.63) is 112 Å². The molecule has 2 amide bonds. The number of nitro benzene ring substituents is 1. The summed E-state index contributed by atoms with van der Waals surface area (Å²) in [7, 11) is 0. The first kappa shape index (κ1) is 21.9. The van der Waals surface area contributed by atoms with Crippen molar-refractivity contribution in [2.45, 2.75) is 19.1 Å². The summed E-state index contributed by atoms with van der Waals surface area (Å²) in [6, 6.07) is 26.1. The first-order valence-electron chi connectivity index (χ1n) is 11.6. The van der Waals surface area contributed by atoms with Crippen LogP contribution in [0.4, 0.5) is 17.1 Å². The third-order valence-corrected chi connectivity index (χ3v) is 6.84. The van der Waals surface area contributed by atoms with Crippen LogP contribution in [0, 0.1) is 23.0 Å². The van der Waals surface area contributed by atoms with Gasteiger partial charge in [0.25, 0.3) is 11.6 Å². The fourth-order valence-electron chi connectivity index (χ4n) is 5.13. The summed E-state index contributed by atoms with van der Waals surface area (Å²) in [4.78, 5) is 45.9. The second-order valence-corrected chi connectivity index (χ2v) is 9.02. The normalized spacial score (nSPS) is 21.3. The van der Waals surface area contributed by atoms with Gasteiger partial charge in [0.05, 0.1) is 22.3 Å². The Balaban J connectivity index is 1.46. The van der Waals surface area contributed by atoms with Crippen LogP contribution in [0.3, 0.4) is 0 Å². The molecule has 178 valence electrons. The standard InChI is InChI=1S/C28H21N3O5/c1-17-12-14-19(15-13-17)25-24-26(36-30(25)20-8-5-9-21(16-20)31(34)35)28(33)29(27(24)32)23-11-4-7-18-6-2-3-10-22(18)23/h2-16,24-26H,1H3/t24-,25-,26+/m0/s1. The van der Waals surface area contributed by atoms with Gasteiger partial charge in [-0.15, -0.1) is 0 Å². The van der Waals surface area contributed by atoms with E-state index in [0.717, 1.165) is 21.9 Å². The van der Waals surface area contributed by atoms with Crippen molar-refractivity contribution >= 4 is 39.6 Å². The Kier molecular flexibility index (Phi) is 5.05. The maximum Gasteiger partial charge on any atom is 0.271 e. The minimum atomic E-state index is -1.05. The van der Waals surface area contributed by atoms with Crippen molar-refractivity contribution in [3.63, 3.8) is 0 Å². The molecule has 0 spiro atoms. The summed E-state index contributed by atoms with van der Waals surface area (Å²) in [5, 5.41) is 14.6. The molecule has 2 saturated heterocycles. The summed E-state index contributed by atoms with van der Waals surface area (Å²) >= 11 is 0. The number of fused-ring (bicyclic) bond motifs is 2. The molecule has 2 heterocycles. The Morgan fingerprint density at radius 1 is 0.861 bits per heavy atom. The highest BCUT2D eigenvalue weighted by atomic mass is 16.7. The van der Waals surface area contributed by atoms with Crippen LogP contribution in [-0.2, 0) is 14.4 Å². The molecule has 6 rings (SSSR count). The second kappa shape index (κ2) is 8.28. The van der Waals surface area contributed by atoms with Crippen LogP contribution in [0.1, 0.15) is 17.2 Å². The molecule has 36 heavy (non-hydrogen) atoms. The number of hydroxylamine groups is 1. The van der Waals surface area contributed by atoms with E-state index in [-0.39, 0.29) is 11.6 Å². The molecule has 3 atom stereocenters. The lowest BCUT2D eigenvalue weighted by atomic mass is 9.90. The topological polar surface area (TPSA) is 93.0 Å². The number of carbonyl (C=O) groups is 2. The summed E-state index contributed by atoms with van der Waals surface area (Å²) in [6.07, 6.45) is -1.05. The molecule has 0 unspecified atom stereocenters. The van der Waals surface area contributed by atoms with Gasteiger partial charge in [-0.05, 0) is 30.0 Å². The number of hydrogen-bond acceptors (Lipinski definition) is 6. The Bertz CT molecular complexity index is 1530. The number of nitrogens with zero attached hydrogens (tertiary/aromatic N) is 3. The first-order chi connectivity index (χ1) is 17.4. The Morgan fingerprint density at radius 2 is 1.58 bits per heavy atom. The summed E-state index contributed by atoms with van der Waals surface area (Å²) in [5.74, 6) is -1.63. The molecule has 8 heteroatoms. The van der Waals surface area contributed by atoms with Gasteiger partial charge in [0.2, 0.25) is 5.91 Å². The van der Waals surface area contributed by atoms with E-state index in [9.17, 15) is 19.7 Å². The van der Waals surface area contributed by atoms with Crippen molar-refractivity contribution in [2.75, 3.05) is 9.96 Å². The number of aryl methyl sites for hydroxylation is 1. The number of non-ortho nitro benzene ring substituents is 1. The first-order valence-corrected chi connectivity index (χ1v) is 11.6. The van der Waals surface area contributed by atoms with Gasteiger partial charge < -0.3 is 0 Å². The van der Waals surface area contributed by atoms with Crippen molar-refractivity contribution in [3.8, 4) is 0 Å². The zero-order chi connectivity index (χ0) is 25.0. The maximum atomic E-state index is 13.9. The number of nitro groups is 1. The van der Waals surface area contributed by atoms with Crippen LogP contribution in [-0.4, -0.2) is 22.8 Å². The van der Waals surface area contributed by atoms with Crippen LogP contribution in [0.15, 0.2) is 91.0 Å². The van der Waals surface area contributed by atoms with Gasteiger partial charge in [-0.2, -0.15) is 0 Å². The molecule has 0 saturated carbocycles. The molecule has 2 aliphatic heterocycles. The zero-order valence-corrected chi connectivity index (χ0v) is 19.3. The Labute approximate surface area is 206 Å². The third-order valence-electron chi connectivity index (χ3n) is 6.84. The fraction of sp³-hybridized carbons (Fsp3) is 0.143. The minimum absolute atomic E-state index is 0.106. The maximum absolute atomic E-state index is 13.9. The minimum Gasteiger partial charge on any atom is -0.273 e. The molecule has 0 bridgehead atoms. The SMILES string of the molecule is Cc1ccc([C@H]2[C@@H]3C(=O)N(c4cccc5ccccc45)C(=O)[C@@H]3ON2c2cccc([N+](=O)[O-])c2)cc1. The van der Waals surface area contributed by atoms with Crippen molar-refractivity contribution in [1.82, 2.24) is 0 Å². The number of carbonyl (C=O) groups excluding carboxylic acids is 2. The predicted molar refractivity (Wildman–Crippen MR) is 134 cm³/mol. The van der Waals surface area contributed by atoms with Gasteiger partial charge in [-0.25, -0.2) is 9.96 Å². The molecule has 0 aliphatic carbocycles. The molecule has 8 nitrogen and oxygen atoms in total. The van der Waals surface area contributed by atoms with Crippen molar-refractivity contribution in [1.29, 1.82) is 0 Å². The molecule has 4 aromatic rings. The largest absolute Gasteiger partial charge is 0.273 e. The van der Waals surface area contributed by atoms with Gasteiger partial charge in [0, 0.05) is 17.5 Å². The number of imide groups is 1. The van der Waals surface area contributed by atoms with Crippen LogP contribution in [0.2, 0.25) is 0 Å². The molecule has 2 aliphatic rings. The lowest BCUT2D eigenvalue weighted by molar-refractivity contribution is -0.384. The van der Waals surface area contributed by atoms with E-state index >= 15 is 0 Å². The number of hydrogen-bond donors (Lipinski definition) is 0. The lowest BCUT2D eigenvalue weighted by Gasteiger charge is -2.29. The van der Waals surface area contributed by atoms with Crippen molar-refractivity contribution in [2.24, 2.45) is 5.92 Å². The molecule has 0 aromatic heterocycles. The van der Waals surface area contributed by atoms with Crippen LogP contribution in [0.5, 0.6) is 0 Å². The van der Waals surface area contributed by atoms with Crippen molar-refractivity contribution < 1.29 is 19.3 Å². The van der Waals surface area contributed by atoms with Crippen LogP contribution < -0.4 is 9.96 Å². The van der Waals surface area contributed by atoms with E-state index in [1.807, 2.05) is 67.6 Å². The fourth-order valence-corrected chi connectivity index (χ4v) is 5.13. The average Bonchev–Trinajstić information content (AvgIpc) is 3.40. The molecule has 0 N–H and O–H groups in total. The summed E-state index contributed by atoms with van der Waals surface area (Å²) in [6.45, 7) is 1.96. The summed E-state index contributed by atoms with van der Waals surface area (Å²) in [5.41, 5.74) is 2.64. The third kappa shape index (κ3) is 3.34. The zero-order valence-electron chi connectivity index (χ0n) is 19.3. The van der Waals surface area contributed by atoms with Gasteiger partial charge in [-0.1, -0.05) is 72.3 Å². The van der Waals surface area contributed by atoms with Gasteiger partial charge >= 0.3 is 0 Å². The number of anilines is 2. The highest BCUT2D eigenvalue weighted by molar-refractivity contribution is 6.26. The smallest absolute Gasteiger partial charge is 0.271 e. The lowest BCUT2D eigenvalue weighted by Crippen LogP contribution is -2.37. The van der Waals surface area contributed by atoms with E-state index in [4.69, 9.17) is 4.84 Å². The highest BCUT2D eigenvalue weighted by Gasteiger charge is 2.60. The highest BCUT2D eigenvalue weighted by Crippen LogP contribution is 2.48. The van der Waals surface area contributed by atoms with Crippen LogP contribution in [0.25, 0.3) is 10.8 Å². The number of benzene rings is 4. The second-order valence-electron chi connectivity index (χ2n) is 9.02. The van der Waals surface area contributed by atoms with E-state index < -0.39 is 28.9 Å². The van der Waals surface area contributed by atoms with Gasteiger partial charge in [-0.3, -0.25) is 24.5 Å². The molecular formula is C28H21N3O5. The average molecular weight is 479 g/mol. The Morgan fingerprint density at radius 3 is 2.36 bits per heavy atom. The van der Waals surface area contributed by atoms with Crippen LogP contribution >= 0.6 is 0 Å². The van der Waals surface area contributed by atoms with E-state index in [0.29, 0.717) is 11.4 Å². The van der Waals surface area contributed by atoms with Gasteiger partial charge in [0.15, 0.2) is 6.10 Å². The van der Waals surface area contributed by atoms with E-state index in [2.05, 4.69) is 0 Å². The molecule has 4 aromatic carbocycles. The number of amides is 2. The van der Waals surface area contributed by atoms with E-state index in [1.165, 1.54) is 22.1 Å². The predicted octanol–water partition coefficient (Wildman–Crippen LogP) is 5.11. The number of rotatable bonds is 4. The van der Waals surface area contributed by atoms with E-state index in [1.54, 1.807) is 18.2 Å². The quantitative estimate of drug-likeness (QED) is 0.230. The summed E-state index contributed by atoms with van der Waals surface area (Å²) < 4.78 is 0. The van der Waals surface area contributed by atoms with Gasteiger partial charge in [0.1, 0.15) is 5.92 Å². The Hall–Kier alpha value is -4.56. The molecule has 0 radical (unpaired) electrons. The molecular weight excluding hydrogens is 458 g/mol.